The molecule has 19 nitrogen and oxygen atoms in total. The van der Waals surface area contributed by atoms with Crippen LogP contribution in [0.1, 0.15) is 141 Å². The number of thioether (sulfide) groups is 1. The van der Waals surface area contributed by atoms with E-state index in [9.17, 15) is 38.7 Å². The van der Waals surface area contributed by atoms with Gasteiger partial charge in [0.05, 0.1) is 11.7 Å². The van der Waals surface area contributed by atoms with Crippen molar-refractivity contribution in [2.24, 2.45) is 29.4 Å². The molecule has 0 saturated carbocycles. The van der Waals surface area contributed by atoms with Crippen LogP contribution >= 0.6 is 11.8 Å². The van der Waals surface area contributed by atoms with Gasteiger partial charge in [0.1, 0.15) is 36.3 Å². The average molecular weight is 1080 g/mol. The Labute approximate surface area is 455 Å². The molecule has 0 bridgehead atoms. The van der Waals surface area contributed by atoms with Crippen molar-refractivity contribution in [2.75, 3.05) is 74.8 Å². The topological polar surface area (TPSA) is 227 Å². The van der Waals surface area contributed by atoms with Gasteiger partial charge in [-0.15, -0.1) is 11.8 Å². The van der Waals surface area contributed by atoms with Crippen molar-refractivity contribution in [3.8, 4) is 0 Å². The van der Waals surface area contributed by atoms with Crippen molar-refractivity contribution < 1.29 is 48.2 Å². The largest absolute Gasteiger partial charge is 0.390 e. The highest BCUT2D eigenvalue weighted by Crippen LogP contribution is 2.27. The van der Waals surface area contributed by atoms with Gasteiger partial charge < -0.3 is 55.2 Å². The number of carbonyl (C=O) groups excluding carboxylic acids is 8. The summed E-state index contributed by atoms with van der Waals surface area (Å²) in [6, 6.07) is -6.86. The van der Waals surface area contributed by atoms with Gasteiger partial charge in [-0.25, -0.2) is 0 Å². The maximum atomic E-state index is 15.1. The maximum absolute atomic E-state index is 15.1. The van der Waals surface area contributed by atoms with E-state index < -0.39 is 107 Å². The standard InChI is InChI=1S/C55H101N9O10S/c1-20-23-27-38(10)46(66)45(62(17)52(72)44(37(8)9)61(16)51(71)41(33-36(6)7)59(14)50(70)40(32-35(4)5)58(13)43(65)22-3)48(68)57-39(21-2)49(69)63(18)54(75-31-26-30-64-28-24-25-29-64)53(73)60(15)42(47(56)67)34-55(11,12)74-19/h20,23,35-42,44-46,54,66H,21-22,24-34H2,1-19H3,(H2,56,67)(H,57,68)/b23-20+/t38-,39+,40+,41+,42+,44+,45+,46-,54-/m1/s1. The number of carbonyl (C=O) groups is 8. The third-order valence-electron chi connectivity index (χ3n) is 14.7. The van der Waals surface area contributed by atoms with Crippen LogP contribution in [0.3, 0.4) is 0 Å². The van der Waals surface area contributed by atoms with E-state index in [0.29, 0.717) is 18.6 Å². The van der Waals surface area contributed by atoms with Crippen molar-refractivity contribution in [2.45, 2.75) is 194 Å². The fourth-order valence-corrected chi connectivity index (χ4v) is 10.8. The van der Waals surface area contributed by atoms with Gasteiger partial charge >= 0.3 is 0 Å². The molecule has 0 aliphatic carbocycles. The Morgan fingerprint density at radius 1 is 0.720 bits per heavy atom. The quantitative estimate of drug-likeness (QED) is 0.0471. The first-order chi connectivity index (χ1) is 34.9. The van der Waals surface area contributed by atoms with E-state index in [-0.39, 0.29) is 43.4 Å². The lowest BCUT2D eigenvalue weighted by Gasteiger charge is -2.41. The number of ether oxygens (including phenoxy) is 1. The first-order valence-corrected chi connectivity index (χ1v) is 28.3. The van der Waals surface area contributed by atoms with Gasteiger partial charge in [0.25, 0.3) is 5.91 Å². The molecular weight excluding hydrogens is 979 g/mol. The van der Waals surface area contributed by atoms with Gasteiger partial charge in [-0.3, -0.25) is 38.4 Å². The number of hydrogen-bond acceptors (Lipinski definition) is 12. The Bertz CT molecular complexity index is 1900. The number of nitrogens with one attached hydrogen (secondary N) is 1. The molecule has 0 aromatic carbocycles. The normalized spacial score (nSPS) is 16.9. The highest BCUT2D eigenvalue weighted by atomic mass is 32.2. The van der Waals surface area contributed by atoms with E-state index in [0.717, 1.165) is 43.8 Å². The number of methoxy groups -OCH3 is 1. The Morgan fingerprint density at radius 3 is 1.69 bits per heavy atom. The smallest absolute Gasteiger partial charge is 0.256 e. The van der Waals surface area contributed by atoms with E-state index in [2.05, 4.69) is 10.2 Å². The number of nitrogens with two attached hydrogens (primary N) is 1. The van der Waals surface area contributed by atoms with Crippen molar-refractivity contribution in [1.29, 1.82) is 0 Å². The van der Waals surface area contributed by atoms with E-state index in [4.69, 9.17) is 10.5 Å². The van der Waals surface area contributed by atoms with Crippen molar-refractivity contribution in [3.63, 3.8) is 0 Å². The lowest BCUT2D eigenvalue weighted by molar-refractivity contribution is -0.157. The van der Waals surface area contributed by atoms with E-state index >= 15 is 4.79 Å². The molecule has 1 saturated heterocycles. The van der Waals surface area contributed by atoms with Gasteiger partial charge in [-0.05, 0) is 115 Å². The number of aliphatic hydroxyl groups excluding tert-OH is 1. The summed E-state index contributed by atoms with van der Waals surface area (Å²) in [4.78, 5) is 124. The molecule has 4 N–H and O–H groups in total. The second-order valence-electron chi connectivity index (χ2n) is 22.5. The number of rotatable bonds is 33. The molecule has 0 unspecified atom stereocenters. The van der Waals surface area contributed by atoms with E-state index in [1.54, 1.807) is 62.6 Å². The Balaban J connectivity index is 3.80. The molecular formula is C55H101N9O10S. The van der Waals surface area contributed by atoms with Crippen LogP contribution in [0, 0.1) is 23.7 Å². The second-order valence-corrected chi connectivity index (χ2v) is 23.7. The molecule has 1 aliphatic heterocycles. The minimum Gasteiger partial charge on any atom is -0.390 e. The molecule has 1 aliphatic rings. The maximum Gasteiger partial charge on any atom is 0.256 e. The zero-order valence-electron chi connectivity index (χ0n) is 49.5. The number of likely N-dealkylation sites (N-methyl/N-ethyl adjacent to an activating group) is 6. The van der Waals surface area contributed by atoms with Gasteiger partial charge in [0.15, 0.2) is 5.37 Å². The first-order valence-electron chi connectivity index (χ1n) is 27.2. The molecule has 432 valence electrons. The molecule has 0 aromatic rings. The molecule has 20 heteroatoms. The van der Waals surface area contributed by atoms with Gasteiger partial charge in [0.2, 0.25) is 41.4 Å². The van der Waals surface area contributed by atoms with Crippen LogP contribution in [0.5, 0.6) is 0 Å². The van der Waals surface area contributed by atoms with Crippen LogP contribution in [0.2, 0.25) is 0 Å². The summed E-state index contributed by atoms with van der Waals surface area (Å²) >= 11 is 1.26. The molecule has 0 spiro atoms. The second kappa shape index (κ2) is 32.5. The number of primary amides is 1. The number of allylic oxidation sites excluding steroid dienone is 2. The highest BCUT2D eigenvalue weighted by Gasteiger charge is 2.45. The molecule has 9 atom stereocenters. The minimum atomic E-state index is -1.56. The van der Waals surface area contributed by atoms with Gasteiger partial charge in [-0.1, -0.05) is 74.5 Å². The predicted octanol–water partition coefficient (Wildman–Crippen LogP) is 4.44. The highest BCUT2D eigenvalue weighted by molar-refractivity contribution is 8.00. The number of amides is 8. The lowest BCUT2D eigenvalue weighted by atomic mass is 9.91. The van der Waals surface area contributed by atoms with Crippen LogP contribution in [0.25, 0.3) is 0 Å². The van der Waals surface area contributed by atoms with E-state index in [1.807, 2.05) is 46.8 Å². The zero-order valence-corrected chi connectivity index (χ0v) is 50.3. The molecule has 1 fully saturated rings. The summed E-state index contributed by atoms with van der Waals surface area (Å²) in [6.45, 7) is 24.7. The van der Waals surface area contributed by atoms with Crippen LogP contribution in [0.15, 0.2) is 12.2 Å². The fraction of sp³-hybridized carbons (Fsp3) is 0.818. The van der Waals surface area contributed by atoms with Crippen LogP contribution in [0.4, 0.5) is 0 Å². The molecule has 1 heterocycles. The molecule has 1 rings (SSSR count). The number of likely N-dealkylation sites (tertiary alicyclic amines) is 1. The monoisotopic (exact) mass is 1080 g/mol. The van der Waals surface area contributed by atoms with Crippen LogP contribution < -0.4 is 11.1 Å². The molecule has 8 amide bonds. The summed E-state index contributed by atoms with van der Waals surface area (Å²) in [6.07, 6.45) is 6.53. The Morgan fingerprint density at radius 2 is 1.23 bits per heavy atom. The number of aliphatic hydroxyl groups is 1. The Hall–Kier alpha value is -4.27. The van der Waals surface area contributed by atoms with Crippen LogP contribution in [-0.2, 0) is 43.1 Å². The third-order valence-corrected chi connectivity index (χ3v) is 16.0. The number of hydrogen-bond donors (Lipinski definition) is 3. The molecule has 75 heavy (non-hydrogen) atoms. The fourth-order valence-electron chi connectivity index (χ4n) is 9.63. The first kappa shape index (κ1) is 68.7. The summed E-state index contributed by atoms with van der Waals surface area (Å²) < 4.78 is 5.58. The van der Waals surface area contributed by atoms with Crippen molar-refractivity contribution in [1.82, 2.24) is 39.6 Å². The summed E-state index contributed by atoms with van der Waals surface area (Å²) in [5.74, 6) is -5.06. The van der Waals surface area contributed by atoms with Gasteiger partial charge in [-0.2, -0.15) is 0 Å². The number of nitrogens with zero attached hydrogens (tertiary/aromatic N) is 7. The SMILES string of the molecule is C/C=C/C[C@@H](C)[C@@H](O)[C@@H](C(=O)N[C@@H](CC)C(=O)N(C)[C@H](SCCCN1CCCC1)C(=O)N(C)[C@@H](CC(C)(C)OC)C(N)=O)N(C)C(=O)[C@H](C(C)C)N(C)C(=O)[C@H](CC(C)C)N(C)C(=O)[C@H](CC(C)C)N(C)C(=O)CC. The van der Waals surface area contributed by atoms with Crippen LogP contribution in [-0.4, -0.2) is 215 Å². The van der Waals surface area contributed by atoms with E-state index in [1.165, 1.54) is 71.6 Å². The van der Waals surface area contributed by atoms with Gasteiger partial charge in [0, 0.05) is 62.2 Å². The lowest BCUT2D eigenvalue weighted by Crippen LogP contribution is -2.63. The summed E-state index contributed by atoms with van der Waals surface area (Å²) in [7, 11) is 10.5. The summed E-state index contributed by atoms with van der Waals surface area (Å²) in [5, 5.41) is 13.8. The molecule has 0 radical (unpaired) electrons. The zero-order chi connectivity index (χ0) is 57.8. The summed E-state index contributed by atoms with van der Waals surface area (Å²) in [5.41, 5.74) is 5.06. The van der Waals surface area contributed by atoms with Crippen molar-refractivity contribution in [3.05, 3.63) is 12.2 Å². The average Bonchev–Trinajstić information content (AvgIpc) is 3.88. The Kier molecular flexibility index (Phi) is 29.8. The molecule has 0 aromatic heterocycles. The third kappa shape index (κ3) is 20.2. The predicted molar refractivity (Wildman–Crippen MR) is 298 cm³/mol. The van der Waals surface area contributed by atoms with Crippen molar-refractivity contribution >= 4 is 59.0 Å². The minimum absolute atomic E-state index is 0.0553.